The minimum Gasteiger partial charge on any atom is -0.494 e. The second-order valence-electron chi connectivity index (χ2n) is 3.55. The first kappa shape index (κ1) is 10.5. The van der Waals surface area contributed by atoms with Crippen molar-refractivity contribution in [1.29, 1.82) is 0 Å². The highest BCUT2D eigenvalue weighted by Crippen LogP contribution is 2.25. The summed E-state index contributed by atoms with van der Waals surface area (Å²) in [5, 5.41) is 4.30. The number of nitrogens with zero attached hydrogens (tertiary/aromatic N) is 3. The normalized spacial score (nSPS) is 10.4. The summed E-state index contributed by atoms with van der Waals surface area (Å²) in [4.78, 5) is 4.25. The summed E-state index contributed by atoms with van der Waals surface area (Å²) in [6.45, 7) is 3.74. The van der Waals surface area contributed by atoms with Crippen molar-refractivity contribution in [1.82, 2.24) is 14.8 Å². The molecule has 5 heteroatoms. The first-order valence-electron chi connectivity index (χ1n) is 4.96. The van der Waals surface area contributed by atoms with Gasteiger partial charge in [0.2, 0.25) is 0 Å². The molecule has 0 saturated carbocycles. The highest BCUT2D eigenvalue weighted by molar-refractivity contribution is 5.56. The van der Waals surface area contributed by atoms with Gasteiger partial charge in [0, 0.05) is 5.69 Å². The van der Waals surface area contributed by atoms with Crippen LogP contribution in [-0.4, -0.2) is 21.9 Å². The van der Waals surface area contributed by atoms with E-state index in [4.69, 9.17) is 10.5 Å². The van der Waals surface area contributed by atoms with Crippen LogP contribution in [0.3, 0.4) is 0 Å². The van der Waals surface area contributed by atoms with Gasteiger partial charge in [-0.15, -0.1) is 0 Å². The molecule has 0 radical (unpaired) electrons. The Morgan fingerprint density at radius 2 is 2.06 bits per heavy atom. The molecule has 0 atom stereocenters. The maximum absolute atomic E-state index is 5.76. The molecule has 5 nitrogen and oxygen atoms in total. The zero-order valence-electron chi connectivity index (χ0n) is 9.56. The van der Waals surface area contributed by atoms with Gasteiger partial charge in [-0.25, -0.2) is 9.67 Å². The van der Waals surface area contributed by atoms with E-state index in [0.29, 0.717) is 5.69 Å². The van der Waals surface area contributed by atoms with Crippen LogP contribution >= 0.6 is 0 Å². The molecular formula is C11H14N4O. The maximum Gasteiger partial charge on any atom is 0.148 e. The Labute approximate surface area is 93.9 Å². The van der Waals surface area contributed by atoms with Crippen LogP contribution in [0.5, 0.6) is 5.75 Å². The molecule has 16 heavy (non-hydrogen) atoms. The van der Waals surface area contributed by atoms with E-state index in [1.165, 1.54) is 0 Å². The molecule has 0 aliphatic rings. The molecule has 0 saturated heterocycles. The Balaban J connectivity index is 2.62. The van der Waals surface area contributed by atoms with Gasteiger partial charge in [-0.05, 0) is 32.0 Å². The van der Waals surface area contributed by atoms with Crippen molar-refractivity contribution >= 4 is 5.69 Å². The Morgan fingerprint density at radius 1 is 1.31 bits per heavy atom. The minimum atomic E-state index is 0.670. The van der Waals surface area contributed by atoms with Crippen molar-refractivity contribution in [2.45, 2.75) is 13.8 Å². The van der Waals surface area contributed by atoms with Crippen LogP contribution in [0.25, 0.3) is 5.69 Å². The molecule has 0 aliphatic heterocycles. The van der Waals surface area contributed by atoms with Crippen LogP contribution in [0.2, 0.25) is 0 Å². The smallest absolute Gasteiger partial charge is 0.148 e. The number of aryl methyl sites for hydroxylation is 2. The molecule has 1 aromatic heterocycles. The SMILES string of the molecule is COc1ccc(N)cc1-n1nc(C)nc1C. The average molecular weight is 218 g/mol. The highest BCUT2D eigenvalue weighted by Gasteiger charge is 2.10. The van der Waals surface area contributed by atoms with Crippen molar-refractivity contribution in [3.8, 4) is 11.4 Å². The van der Waals surface area contributed by atoms with E-state index in [1.807, 2.05) is 26.0 Å². The average Bonchev–Trinajstić information content (AvgIpc) is 2.57. The van der Waals surface area contributed by atoms with Crippen LogP contribution in [0.15, 0.2) is 18.2 Å². The van der Waals surface area contributed by atoms with E-state index in [2.05, 4.69) is 10.1 Å². The van der Waals surface area contributed by atoms with Crippen molar-refractivity contribution in [3.63, 3.8) is 0 Å². The van der Waals surface area contributed by atoms with Gasteiger partial charge >= 0.3 is 0 Å². The van der Waals surface area contributed by atoms with Gasteiger partial charge in [0.1, 0.15) is 23.1 Å². The van der Waals surface area contributed by atoms with E-state index in [1.54, 1.807) is 17.9 Å². The minimum absolute atomic E-state index is 0.670. The van der Waals surface area contributed by atoms with Gasteiger partial charge in [-0.2, -0.15) is 5.10 Å². The molecule has 2 N–H and O–H groups in total. The van der Waals surface area contributed by atoms with Crippen LogP contribution in [0.4, 0.5) is 5.69 Å². The molecule has 0 amide bonds. The van der Waals surface area contributed by atoms with Crippen molar-refractivity contribution in [3.05, 3.63) is 29.8 Å². The number of aromatic nitrogens is 3. The molecule has 2 aromatic rings. The number of nitrogens with two attached hydrogens (primary N) is 1. The first-order chi connectivity index (χ1) is 7.61. The number of hydrogen-bond acceptors (Lipinski definition) is 4. The Kier molecular flexibility index (Phi) is 2.52. The zero-order valence-corrected chi connectivity index (χ0v) is 9.56. The maximum atomic E-state index is 5.76. The van der Waals surface area contributed by atoms with Crippen LogP contribution in [0, 0.1) is 13.8 Å². The Hall–Kier alpha value is -2.04. The Morgan fingerprint density at radius 3 is 2.62 bits per heavy atom. The van der Waals surface area contributed by atoms with E-state index < -0.39 is 0 Å². The largest absolute Gasteiger partial charge is 0.494 e. The topological polar surface area (TPSA) is 66.0 Å². The third-order valence-corrected chi connectivity index (χ3v) is 2.31. The van der Waals surface area contributed by atoms with Crippen LogP contribution in [0.1, 0.15) is 11.6 Å². The lowest BCUT2D eigenvalue weighted by atomic mass is 10.2. The van der Waals surface area contributed by atoms with Crippen LogP contribution in [-0.2, 0) is 0 Å². The number of anilines is 1. The van der Waals surface area contributed by atoms with Gasteiger partial charge in [0.05, 0.1) is 7.11 Å². The van der Waals surface area contributed by atoms with Gasteiger partial charge in [0.15, 0.2) is 0 Å². The fraction of sp³-hybridized carbons (Fsp3) is 0.273. The fourth-order valence-corrected chi connectivity index (χ4v) is 1.62. The third kappa shape index (κ3) is 1.71. The monoisotopic (exact) mass is 218 g/mol. The molecule has 0 spiro atoms. The second-order valence-corrected chi connectivity index (χ2v) is 3.55. The molecule has 0 aliphatic carbocycles. The molecule has 84 valence electrons. The van der Waals surface area contributed by atoms with Gasteiger partial charge in [-0.3, -0.25) is 0 Å². The van der Waals surface area contributed by atoms with E-state index >= 15 is 0 Å². The third-order valence-electron chi connectivity index (χ3n) is 2.31. The fourth-order valence-electron chi connectivity index (χ4n) is 1.62. The van der Waals surface area contributed by atoms with Crippen molar-refractivity contribution in [2.75, 3.05) is 12.8 Å². The van der Waals surface area contributed by atoms with Crippen LogP contribution < -0.4 is 10.5 Å². The molecule has 0 unspecified atom stereocenters. The van der Waals surface area contributed by atoms with E-state index in [9.17, 15) is 0 Å². The summed E-state index contributed by atoms with van der Waals surface area (Å²) in [6, 6.07) is 5.43. The number of nitrogen functional groups attached to an aromatic ring is 1. The number of rotatable bonds is 2. The summed E-state index contributed by atoms with van der Waals surface area (Å²) >= 11 is 0. The molecule has 1 heterocycles. The summed E-state index contributed by atoms with van der Waals surface area (Å²) in [5.74, 6) is 2.26. The number of hydrogen-bond donors (Lipinski definition) is 1. The summed E-state index contributed by atoms with van der Waals surface area (Å²) in [6.07, 6.45) is 0. The number of ether oxygens (including phenoxy) is 1. The molecule has 1 aromatic carbocycles. The lowest BCUT2D eigenvalue weighted by molar-refractivity contribution is 0.411. The van der Waals surface area contributed by atoms with Gasteiger partial charge < -0.3 is 10.5 Å². The number of methoxy groups -OCH3 is 1. The highest BCUT2D eigenvalue weighted by atomic mass is 16.5. The zero-order chi connectivity index (χ0) is 11.7. The molecule has 2 rings (SSSR count). The summed E-state index contributed by atoms with van der Waals surface area (Å²) < 4.78 is 7.00. The molecular weight excluding hydrogens is 204 g/mol. The van der Waals surface area contributed by atoms with E-state index in [0.717, 1.165) is 23.1 Å². The van der Waals surface area contributed by atoms with Gasteiger partial charge in [-0.1, -0.05) is 0 Å². The number of benzene rings is 1. The molecule has 0 fully saturated rings. The van der Waals surface area contributed by atoms with Gasteiger partial charge in [0.25, 0.3) is 0 Å². The van der Waals surface area contributed by atoms with E-state index in [-0.39, 0.29) is 0 Å². The predicted molar refractivity (Wildman–Crippen MR) is 61.8 cm³/mol. The lowest BCUT2D eigenvalue weighted by Crippen LogP contribution is -2.03. The van der Waals surface area contributed by atoms with Crippen molar-refractivity contribution in [2.24, 2.45) is 0 Å². The first-order valence-corrected chi connectivity index (χ1v) is 4.96. The Bertz CT molecular complexity index is 519. The quantitative estimate of drug-likeness (QED) is 0.775. The predicted octanol–water partition coefficient (Wildman–Crippen LogP) is 1.47. The second kappa shape index (κ2) is 3.84. The summed E-state index contributed by atoms with van der Waals surface area (Å²) in [7, 11) is 1.62. The standard InChI is InChI=1S/C11H14N4O/c1-7-13-8(2)15(14-7)10-6-9(12)4-5-11(10)16-3/h4-6H,12H2,1-3H3. The lowest BCUT2D eigenvalue weighted by Gasteiger charge is -2.09. The molecule has 0 bridgehead atoms. The van der Waals surface area contributed by atoms with Crippen molar-refractivity contribution < 1.29 is 4.74 Å². The summed E-state index contributed by atoms with van der Waals surface area (Å²) in [5.41, 5.74) is 7.24.